The highest BCUT2D eigenvalue weighted by molar-refractivity contribution is 7.17. The van der Waals surface area contributed by atoms with Crippen LogP contribution >= 0.6 is 11.3 Å². The summed E-state index contributed by atoms with van der Waals surface area (Å²) in [7, 11) is 0. The molecule has 0 fully saturated rings. The molecule has 3 aromatic rings. The molecule has 0 saturated carbocycles. The second-order valence-corrected chi connectivity index (χ2v) is 6.86. The summed E-state index contributed by atoms with van der Waals surface area (Å²) in [5.41, 5.74) is 5.40. The number of fused-ring (bicyclic) bond motifs is 2. The molecule has 1 aliphatic carbocycles. The third kappa shape index (κ3) is 2.02. The summed E-state index contributed by atoms with van der Waals surface area (Å²) in [6.07, 6.45) is 7.76. The SMILES string of the molecule is Cc1cn2c(C=O)c(-c3ccc4c(c3)CCCC4)nc2s1. The molecule has 106 valence electrons. The average molecular weight is 296 g/mol. The highest BCUT2D eigenvalue weighted by atomic mass is 32.1. The molecule has 4 rings (SSSR count). The molecule has 0 amide bonds. The number of rotatable bonds is 2. The van der Waals surface area contributed by atoms with Crippen LogP contribution in [-0.4, -0.2) is 15.7 Å². The van der Waals surface area contributed by atoms with Crippen molar-refractivity contribution in [2.24, 2.45) is 0 Å². The summed E-state index contributed by atoms with van der Waals surface area (Å²) < 4.78 is 1.90. The van der Waals surface area contributed by atoms with Crippen LogP contribution in [0, 0.1) is 6.92 Å². The van der Waals surface area contributed by atoms with Crippen LogP contribution in [0.5, 0.6) is 0 Å². The number of thiazole rings is 1. The fourth-order valence-electron chi connectivity index (χ4n) is 3.18. The Bertz CT molecular complexity index is 844. The Morgan fingerprint density at radius 2 is 2.05 bits per heavy atom. The molecule has 2 aromatic heterocycles. The van der Waals surface area contributed by atoms with Crippen molar-refractivity contribution in [3.63, 3.8) is 0 Å². The summed E-state index contributed by atoms with van der Waals surface area (Å²) in [6, 6.07) is 6.54. The summed E-state index contributed by atoms with van der Waals surface area (Å²) >= 11 is 1.62. The zero-order chi connectivity index (χ0) is 14.4. The van der Waals surface area contributed by atoms with E-state index in [0.717, 1.165) is 33.8 Å². The molecule has 1 aliphatic rings. The van der Waals surface area contributed by atoms with Gasteiger partial charge in [-0.25, -0.2) is 4.98 Å². The maximum absolute atomic E-state index is 11.5. The number of carbonyl (C=O) groups is 1. The minimum Gasteiger partial charge on any atom is -0.296 e. The first kappa shape index (κ1) is 12.8. The number of hydrogen-bond acceptors (Lipinski definition) is 3. The van der Waals surface area contributed by atoms with Crippen molar-refractivity contribution in [3.8, 4) is 11.3 Å². The first-order valence-electron chi connectivity index (χ1n) is 7.32. The van der Waals surface area contributed by atoms with Gasteiger partial charge in [0.25, 0.3) is 0 Å². The number of aldehydes is 1. The van der Waals surface area contributed by atoms with Crippen molar-refractivity contribution < 1.29 is 4.79 Å². The number of benzene rings is 1. The first-order chi connectivity index (χ1) is 10.3. The minimum atomic E-state index is 0.658. The standard InChI is InChI=1S/C17H16N2OS/c1-11-9-19-15(10-20)16(18-17(19)21-11)14-7-6-12-4-2-3-5-13(12)8-14/h6-10H,2-5H2,1H3. The summed E-state index contributed by atoms with van der Waals surface area (Å²) in [4.78, 5) is 18.2. The molecule has 2 heterocycles. The topological polar surface area (TPSA) is 34.4 Å². The molecular weight excluding hydrogens is 280 g/mol. The second-order valence-electron chi connectivity index (χ2n) is 5.65. The zero-order valence-corrected chi connectivity index (χ0v) is 12.7. The summed E-state index contributed by atoms with van der Waals surface area (Å²) in [5, 5.41) is 0. The number of hydrogen-bond donors (Lipinski definition) is 0. The monoisotopic (exact) mass is 296 g/mol. The Morgan fingerprint density at radius 3 is 2.86 bits per heavy atom. The van der Waals surface area contributed by atoms with Gasteiger partial charge in [0.05, 0.1) is 0 Å². The molecule has 0 aliphatic heterocycles. The first-order valence-corrected chi connectivity index (χ1v) is 8.14. The second kappa shape index (κ2) is 4.81. The van der Waals surface area contributed by atoms with Crippen LogP contribution in [0.4, 0.5) is 0 Å². The largest absolute Gasteiger partial charge is 0.296 e. The van der Waals surface area contributed by atoms with Gasteiger partial charge in [-0.1, -0.05) is 12.1 Å². The van der Waals surface area contributed by atoms with Gasteiger partial charge in [-0.05, 0) is 49.8 Å². The predicted octanol–water partition coefficient (Wildman–Crippen LogP) is 4.06. The van der Waals surface area contributed by atoms with E-state index in [9.17, 15) is 4.79 Å². The lowest BCUT2D eigenvalue weighted by Gasteiger charge is -2.16. The number of nitrogens with zero attached hydrogens (tertiary/aromatic N) is 2. The number of imidazole rings is 1. The Morgan fingerprint density at radius 1 is 1.24 bits per heavy atom. The van der Waals surface area contributed by atoms with Crippen molar-refractivity contribution in [2.75, 3.05) is 0 Å². The van der Waals surface area contributed by atoms with Crippen molar-refractivity contribution in [1.82, 2.24) is 9.38 Å². The molecule has 1 aromatic carbocycles. The molecule has 0 bridgehead atoms. The molecule has 0 spiro atoms. The highest BCUT2D eigenvalue weighted by Crippen LogP contribution is 2.30. The third-order valence-corrected chi connectivity index (χ3v) is 5.11. The lowest BCUT2D eigenvalue weighted by Crippen LogP contribution is -2.02. The van der Waals surface area contributed by atoms with Crippen LogP contribution in [-0.2, 0) is 12.8 Å². The Labute approximate surface area is 127 Å². The molecule has 0 N–H and O–H groups in total. The van der Waals surface area contributed by atoms with E-state index in [2.05, 4.69) is 23.2 Å². The quantitative estimate of drug-likeness (QED) is 0.668. The van der Waals surface area contributed by atoms with E-state index in [-0.39, 0.29) is 0 Å². The van der Waals surface area contributed by atoms with Gasteiger partial charge in [0.2, 0.25) is 0 Å². The number of carbonyl (C=O) groups excluding carboxylic acids is 1. The lowest BCUT2D eigenvalue weighted by atomic mass is 9.90. The van der Waals surface area contributed by atoms with E-state index in [1.807, 2.05) is 17.5 Å². The fourth-order valence-corrected chi connectivity index (χ4v) is 4.01. The van der Waals surface area contributed by atoms with Crippen LogP contribution in [0.15, 0.2) is 24.4 Å². The zero-order valence-electron chi connectivity index (χ0n) is 11.9. The molecule has 0 unspecified atom stereocenters. The molecule has 21 heavy (non-hydrogen) atoms. The predicted molar refractivity (Wildman–Crippen MR) is 85.3 cm³/mol. The highest BCUT2D eigenvalue weighted by Gasteiger charge is 2.17. The van der Waals surface area contributed by atoms with E-state index in [4.69, 9.17) is 0 Å². The Kier molecular flexibility index (Phi) is 2.93. The fraction of sp³-hybridized carbons (Fsp3) is 0.294. The Balaban J connectivity index is 1.89. The summed E-state index contributed by atoms with van der Waals surface area (Å²) in [6.45, 7) is 2.03. The average Bonchev–Trinajstić information content (AvgIpc) is 3.02. The maximum atomic E-state index is 11.5. The Hall–Kier alpha value is -1.94. The van der Waals surface area contributed by atoms with E-state index in [0.29, 0.717) is 5.69 Å². The van der Waals surface area contributed by atoms with Gasteiger partial charge < -0.3 is 0 Å². The summed E-state index contributed by atoms with van der Waals surface area (Å²) in [5.74, 6) is 0. The number of aromatic nitrogens is 2. The minimum absolute atomic E-state index is 0.658. The van der Waals surface area contributed by atoms with Crippen LogP contribution in [0.25, 0.3) is 16.2 Å². The van der Waals surface area contributed by atoms with Gasteiger partial charge in [0.1, 0.15) is 11.4 Å². The third-order valence-electron chi connectivity index (χ3n) is 4.21. The molecule has 0 atom stereocenters. The van der Waals surface area contributed by atoms with E-state index < -0.39 is 0 Å². The molecular formula is C17H16N2OS. The number of aryl methyl sites for hydroxylation is 3. The lowest BCUT2D eigenvalue weighted by molar-refractivity contribution is 0.111. The van der Waals surface area contributed by atoms with Crippen LogP contribution in [0.2, 0.25) is 0 Å². The van der Waals surface area contributed by atoms with Gasteiger partial charge in [0, 0.05) is 16.6 Å². The van der Waals surface area contributed by atoms with Gasteiger partial charge in [-0.15, -0.1) is 11.3 Å². The van der Waals surface area contributed by atoms with Gasteiger partial charge in [-0.3, -0.25) is 9.20 Å². The van der Waals surface area contributed by atoms with Crippen LogP contribution < -0.4 is 0 Å². The van der Waals surface area contributed by atoms with Crippen LogP contribution in [0.3, 0.4) is 0 Å². The maximum Gasteiger partial charge on any atom is 0.195 e. The van der Waals surface area contributed by atoms with E-state index >= 15 is 0 Å². The molecule has 0 saturated heterocycles. The molecule has 3 nitrogen and oxygen atoms in total. The molecule has 0 radical (unpaired) electrons. The van der Waals surface area contributed by atoms with Crippen molar-refractivity contribution >= 4 is 22.6 Å². The van der Waals surface area contributed by atoms with Gasteiger partial charge >= 0.3 is 0 Å². The molecule has 4 heteroatoms. The van der Waals surface area contributed by atoms with Crippen LogP contribution in [0.1, 0.15) is 39.3 Å². The smallest absolute Gasteiger partial charge is 0.195 e. The van der Waals surface area contributed by atoms with Gasteiger partial charge in [0.15, 0.2) is 11.2 Å². The van der Waals surface area contributed by atoms with E-state index in [1.54, 1.807) is 11.3 Å². The van der Waals surface area contributed by atoms with Crippen molar-refractivity contribution in [3.05, 3.63) is 46.1 Å². The van der Waals surface area contributed by atoms with E-state index in [1.165, 1.54) is 30.4 Å². The normalized spacial score (nSPS) is 14.3. The van der Waals surface area contributed by atoms with Gasteiger partial charge in [-0.2, -0.15) is 0 Å². The van der Waals surface area contributed by atoms with Crippen molar-refractivity contribution in [2.45, 2.75) is 32.6 Å². The van der Waals surface area contributed by atoms with Crippen molar-refractivity contribution in [1.29, 1.82) is 0 Å².